The smallest absolute Gasteiger partial charge is 0.303 e. The third-order valence-electron chi connectivity index (χ3n) is 5.88. The number of hydrogen-bond donors (Lipinski definition) is 3. The Morgan fingerprint density at radius 2 is 1.89 bits per heavy atom. The molecule has 0 heterocycles. The van der Waals surface area contributed by atoms with Crippen molar-refractivity contribution in [3.63, 3.8) is 0 Å². The first-order chi connectivity index (χ1) is 12.7. The summed E-state index contributed by atoms with van der Waals surface area (Å²) in [6.07, 6.45) is 9.80. The van der Waals surface area contributed by atoms with Gasteiger partial charge in [0.15, 0.2) is 0 Å². The number of ketones is 1. The van der Waals surface area contributed by atoms with Crippen LogP contribution < -0.4 is 0 Å². The second kappa shape index (κ2) is 11.6. The highest BCUT2D eigenvalue weighted by Crippen LogP contribution is 2.35. The van der Waals surface area contributed by atoms with E-state index in [-0.39, 0.29) is 35.9 Å². The van der Waals surface area contributed by atoms with E-state index in [4.69, 9.17) is 5.11 Å². The summed E-state index contributed by atoms with van der Waals surface area (Å²) in [5, 5.41) is 29.4. The van der Waals surface area contributed by atoms with Crippen molar-refractivity contribution in [3.05, 3.63) is 12.2 Å². The summed E-state index contributed by atoms with van der Waals surface area (Å²) in [6, 6.07) is 0. The van der Waals surface area contributed by atoms with Crippen LogP contribution in [0.25, 0.3) is 0 Å². The van der Waals surface area contributed by atoms with Gasteiger partial charge in [-0.05, 0) is 24.7 Å². The number of aliphatic carboxylic acids is 1. The zero-order valence-electron chi connectivity index (χ0n) is 17.2. The topological polar surface area (TPSA) is 94.8 Å². The average Bonchev–Trinajstić information content (AvgIpc) is 2.86. The maximum Gasteiger partial charge on any atom is 0.303 e. The van der Waals surface area contributed by atoms with Crippen molar-refractivity contribution in [3.8, 4) is 0 Å². The fourth-order valence-corrected chi connectivity index (χ4v) is 3.86. The first-order valence-electron chi connectivity index (χ1n) is 10.5. The first kappa shape index (κ1) is 23.8. The van der Waals surface area contributed by atoms with Crippen LogP contribution in [0.4, 0.5) is 0 Å². The molecular weight excluding hydrogens is 344 g/mol. The molecule has 3 N–H and O–H groups in total. The number of carbonyl (C=O) groups excluding carboxylic acids is 1. The zero-order chi connectivity index (χ0) is 20.4. The lowest BCUT2D eigenvalue weighted by atomic mass is 9.80. The van der Waals surface area contributed by atoms with Gasteiger partial charge < -0.3 is 15.3 Å². The molecule has 0 amide bonds. The van der Waals surface area contributed by atoms with Crippen molar-refractivity contribution in [2.24, 2.45) is 17.3 Å². The fourth-order valence-electron chi connectivity index (χ4n) is 3.86. The summed E-state index contributed by atoms with van der Waals surface area (Å²) in [7, 11) is 0. The summed E-state index contributed by atoms with van der Waals surface area (Å²) < 4.78 is 0. The summed E-state index contributed by atoms with van der Waals surface area (Å²) >= 11 is 0. The Labute approximate surface area is 163 Å². The summed E-state index contributed by atoms with van der Waals surface area (Å²) in [5.74, 6) is -1.09. The molecule has 0 aliphatic heterocycles. The van der Waals surface area contributed by atoms with E-state index in [1.165, 1.54) is 0 Å². The Morgan fingerprint density at radius 3 is 2.52 bits per heavy atom. The van der Waals surface area contributed by atoms with Crippen LogP contribution >= 0.6 is 0 Å². The van der Waals surface area contributed by atoms with Crippen LogP contribution in [0.1, 0.15) is 85.0 Å². The van der Waals surface area contributed by atoms with Crippen molar-refractivity contribution in [1.29, 1.82) is 0 Å². The number of carboxylic acid groups (broad SMARTS) is 1. The highest BCUT2D eigenvalue weighted by atomic mass is 16.4. The molecule has 1 fully saturated rings. The van der Waals surface area contributed by atoms with Crippen molar-refractivity contribution in [2.45, 2.75) is 97.2 Å². The molecule has 0 saturated heterocycles. The SMILES string of the molecule is CCCCC(C)(C)C(O)C=C[C@H]1C(O)CC(=O)C1CCCCCCC(=O)O. The van der Waals surface area contributed by atoms with E-state index in [1.54, 1.807) is 6.08 Å². The van der Waals surface area contributed by atoms with Gasteiger partial charge in [-0.15, -0.1) is 0 Å². The third kappa shape index (κ3) is 8.14. The average molecular weight is 383 g/mol. The van der Waals surface area contributed by atoms with Crippen LogP contribution in [0.15, 0.2) is 12.2 Å². The molecule has 1 saturated carbocycles. The number of rotatable bonds is 13. The van der Waals surface area contributed by atoms with E-state index in [1.807, 2.05) is 19.9 Å². The van der Waals surface area contributed by atoms with E-state index in [9.17, 15) is 19.8 Å². The van der Waals surface area contributed by atoms with Gasteiger partial charge in [-0.25, -0.2) is 0 Å². The molecule has 5 nitrogen and oxygen atoms in total. The zero-order valence-corrected chi connectivity index (χ0v) is 17.2. The molecule has 5 heteroatoms. The van der Waals surface area contributed by atoms with Gasteiger partial charge in [-0.1, -0.05) is 65.0 Å². The van der Waals surface area contributed by atoms with Crippen LogP contribution in [0, 0.1) is 17.3 Å². The van der Waals surface area contributed by atoms with Crippen molar-refractivity contribution in [2.75, 3.05) is 0 Å². The lowest BCUT2D eigenvalue weighted by Crippen LogP contribution is -2.28. The van der Waals surface area contributed by atoms with Gasteiger partial charge in [-0.3, -0.25) is 9.59 Å². The van der Waals surface area contributed by atoms with Crippen molar-refractivity contribution >= 4 is 11.8 Å². The molecule has 1 aliphatic carbocycles. The monoisotopic (exact) mass is 382 g/mol. The number of carbonyl (C=O) groups is 2. The minimum atomic E-state index is -0.769. The van der Waals surface area contributed by atoms with Gasteiger partial charge in [0, 0.05) is 24.7 Å². The summed E-state index contributed by atoms with van der Waals surface area (Å²) in [4.78, 5) is 22.8. The molecule has 1 rings (SSSR count). The lowest BCUT2D eigenvalue weighted by Gasteiger charge is -2.29. The molecule has 0 radical (unpaired) electrons. The number of aliphatic hydroxyl groups excluding tert-OH is 2. The molecule has 27 heavy (non-hydrogen) atoms. The normalized spacial score (nSPS) is 24.6. The van der Waals surface area contributed by atoms with Gasteiger partial charge in [0.2, 0.25) is 0 Å². The number of Topliss-reactive ketones (excluding diaryl/α,β-unsaturated/α-hetero) is 1. The maximum absolute atomic E-state index is 12.3. The standard InChI is InChI=1S/C22H38O5/c1-4-5-14-22(2,3)20(25)13-12-17-16(18(23)15-19(17)24)10-8-6-7-9-11-21(26)27/h12-13,16-17,19-20,24-25H,4-11,14-15H2,1-3H3,(H,26,27)/t16?,17-,19?,20?/m1/s1. The second-order valence-corrected chi connectivity index (χ2v) is 8.69. The minimum absolute atomic E-state index is 0.0995. The van der Waals surface area contributed by atoms with Gasteiger partial charge in [-0.2, -0.15) is 0 Å². The Morgan fingerprint density at radius 1 is 1.22 bits per heavy atom. The molecule has 1 aliphatic rings. The largest absolute Gasteiger partial charge is 0.481 e. The molecule has 0 spiro atoms. The van der Waals surface area contributed by atoms with E-state index in [0.29, 0.717) is 12.8 Å². The van der Waals surface area contributed by atoms with E-state index in [2.05, 4.69) is 6.92 Å². The Kier molecular flexibility index (Phi) is 10.2. The number of aliphatic hydroxyl groups is 2. The quantitative estimate of drug-likeness (QED) is 0.329. The van der Waals surface area contributed by atoms with Gasteiger partial charge >= 0.3 is 5.97 Å². The summed E-state index contributed by atoms with van der Waals surface area (Å²) in [6.45, 7) is 6.22. The molecule has 3 unspecified atom stereocenters. The van der Waals surface area contributed by atoms with Crippen LogP contribution in [0.5, 0.6) is 0 Å². The third-order valence-corrected chi connectivity index (χ3v) is 5.88. The number of hydrogen-bond acceptors (Lipinski definition) is 4. The van der Waals surface area contributed by atoms with E-state index in [0.717, 1.165) is 38.5 Å². The second-order valence-electron chi connectivity index (χ2n) is 8.69. The van der Waals surface area contributed by atoms with E-state index < -0.39 is 18.2 Å². The Hall–Kier alpha value is -1.20. The fraction of sp³-hybridized carbons (Fsp3) is 0.818. The molecule has 0 aromatic carbocycles. The maximum atomic E-state index is 12.3. The van der Waals surface area contributed by atoms with Crippen LogP contribution in [-0.4, -0.2) is 39.3 Å². The van der Waals surface area contributed by atoms with Crippen LogP contribution in [0.3, 0.4) is 0 Å². The first-order valence-corrected chi connectivity index (χ1v) is 10.5. The number of carboxylic acids is 1. The predicted octanol–water partition coefficient (Wildman–Crippen LogP) is 4.11. The molecular formula is C22H38O5. The molecule has 156 valence electrons. The van der Waals surface area contributed by atoms with Crippen LogP contribution in [-0.2, 0) is 9.59 Å². The van der Waals surface area contributed by atoms with Gasteiger partial charge in [0.05, 0.1) is 12.2 Å². The van der Waals surface area contributed by atoms with Crippen molar-refractivity contribution in [1.82, 2.24) is 0 Å². The van der Waals surface area contributed by atoms with Gasteiger partial charge in [0.1, 0.15) is 5.78 Å². The molecule has 0 aromatic rings. The van der Waals surface area contributed by atoms with Crippen molar-refractivity contribution < 1.29 is 24.9 Å². The predicted molar refractivity (Wildman–Crippen MR) is 106 cm³/mol. The highest BCUT2D eigenvalue weighted by molar-refractivity contribution is 5.84. The molecule has 0 aromatic heterocycles. The minimum Gasteiger partial charge on any atom is -0.481 e. The van der Waals surface area contributed by atoms with E-state index >= 15 is 0 Å². The lowest BCUT2D eigenvalue weighted by molar-refractivity contribution is -0.137. The molecule has 0 bridgehead atoms. The number of unbranched alkanes of at least 4 members (excludes halogenated alkanes) is 4. The van der Waals surface area contributed by atoms with Gasteiger partial charge in [0.25, 0.3) is 0 Å². The van der Waals surface area contributed by atoms with Crippen LogP contribution in [0.2, 0.25) is 0 Å². The Bertz CT molecular complexity index is 497. The highest BCUT2D eigenvalue weighted by Gasteiger charge is 2.39. The summed E-state index contributed by atoms with van der Waals surface area (Å²) in [5.41, 5.74) is -0.223. The Balaban J connectivity index is 2.55. The molecule has 4 atom stereocenters.